The second kappa shape index (κ2) is 13.6. The number of hydrogen-bond donors (Lipinski definition) is 4. The largest absolute Gasteiger partial charge is 0.367 e. The Morgan fingerprint density at radius 1 is 1.02 bits per heavy atom. The normalized spacial score (nSPS) is 12.9. The molecule has 4 N–H and O–H groups in total. The molecule has 0 aliphatic heterocycles. The molecule has 2 aromatic heterocycles. The highest BCUT2D eigenvalue weighted by atomic mass is 16.1. The van der Waals surface area contributed by atoms with Gasteiger partial charge in [0.15, 0.2) is 5.82 Å². The zero-order valence-electron chi connectivity index (χ0n) is 24.9. The van der Waals surface area contributed by atoms with Crippen LogP contribution in [0.25, 0.3) is 5.82 Å². The number of carbonyl (C=O) groups is 1. The van der Waals surface area contributed by atoms with Crippen LogP contribution in [-0.2, 0) is 6.54 Å². The molecule has 1 aliphatic carbocycles. The Kier molecular flexibility index (Phi) is 9.45. The van der Waals surface area contributed by atoms with Gasteiger partial charge < -0.3 is 26.2 Å². The number of rotatable bonds is 14. The summed E-state index contributed by atoms with van der Waals surface area (Å²) in [5.74, 6) is 2.09. The van der Waals surface area contributed by atoms with Gasteiger partial charge in [-0.1, -0.05) is 37.6 Å². The molecule has 1 amide bonds. The summed E-state index contributed by atoms with van der Waals surface area (Å²) >= 11 is 0. The molecule has 0 radical (unpaired) electrons. The van der Waals surface area contributed by atoms with Gasteiger partial charge >= 0.3 is 0 Å². The minimum Gasteiger partial charge on any atom is -0.367 e. The smallest absolute Gasteiger partial charge is 0.255 e. The molecule has 0 atom stereocenters. The van der Waals surface area contributed by atoms with Gasteiger partial charge in [-0.15, -0.1) is 0 Å². The molecule has 10 heteroatoms. The van der Waals surface area contributed by atoms with E-state index in [-0.39, 0.29) is 5.91 Å². The molecule has 1 saturated carbocycles. The van der Waals surface area contributed by atoms with E-state index in [0.717, 1.165) is 73.2 Å². The topological polar surface area (TPSA) is 112 Å². The summed E-state index contributed by atoms with van der Waals surface area (Å²) in [6, 6.07) is 17.9. The van der Waals surface area contributed by atoms with Crippen molar-refractivity contribution in [3.63, 3.8) is 0 Å². The summed E-state index contributed by atoms with van der Waals surface area (Å²) in [7, 11) is 0. The van der Waals surface area contributed by atoms with Gasteiger partial charge in [0.1, 0.15) is 18.0 Å². The summed E-state index contributed by atoms with van der Waals surface area (Å²) in [6.45, 7) is 12.9. The third-order valence-electron chi connectivity index (χ3n) is 7.40. The highest BCUT2D eigenvalue weighted by molar-refractivity contribution is 6.04. The SMILES string of the molecule is CCN(CC)CCNCc1cc(Nc2cc(NC(=O)c3cccc(C)c3)ccc2C)n(-c2cc(NC3CC3)ncn2)n1. The van der Waals surface area contributed by atoms with Crippen molar-refractivity contribution in [1.29, 1.82) is 0 Å². The predicted molar refractivity (Wildman–Crippen MR) is 169 cm³/mol. The number of aromatic nitrogens is 4. The number of hydrogen-bond acceptors (Lipinski definition) is 8. The second-order valence-corrected chi connectivity index (χ2v) is 10.8. The minimum absolute atomic E-state index is 0.145. The van der Waals surface area contributed by atoms with Gasteiger partial charge in [-0.05, 0) is 69.6 Å². The number of aryl methyl sites for hydroxylation is 2. The summed E-state index contributed by atoms with van der Waals surface area (Å²) in [4.78, 5) is 24.2. The Labute approximate surface area is 248 Å². The van der Waals surface area contributed by atoms with Crippen molar-refractivity contribution in [1.82, 2.24) is 30.0 Å². The molecule has 1 aliphatic rings. The van der Waals surface area contributed by atoms with Gasteiger partial charge in [0, 0.05) is 54.7 Å². The van der Waals surface area contributed by atoms with Crippen LogP contribution in [0.3, 0.4) is 0 Å². The number of amides is 1. The van der Waals surface area contributed by atoms with E-state index in [1.165, 1.54) is 0 Å². The lowest BCUT2D eigenvalue weighted by Gasteiger charge is -2.17. The Morgan fingerprint density at radius 3 is 2.62 bits per heavy atom. The van der Waals surface area contributed by atoms with Crippen LogP contribution < -0.4 is 21.3 Å². The average Bonchev–Trinajstić information content (AvgIpc) is 3.72. The maximum atomic E-state index is 12.9. The molecule has 42 heavy (non-hydrogen) atoms. The van der Waals surface area contributed by atoms with Crippen molar-refractivity contribution in [2.24, 2.45) is 0 Å². The van der Waals surface area contributed by atoms with Gasteiger partial charge in [-0.2, -0.15) is 9.78 Å². The highest BCUT2D eigenvalue weighted by Gasteiger charge is 2.22. The lowest BCUT2D eigenvalue weighted by molar-refractivity contribution is 0.102. The fraction of sp³-hybridized carbons (Fsp3) is 0.375. The van der Waals surface area contributed by atoms with Crippen LogP contribution in [-0.4, -0.2) is 62.8 Å². The Balaban J connectivity index is 1.37. The van der Waals surface area contributed by atoms with Crippen molar-refractivity contribution >= 4 is 28.9 Å². The van der Waals surface area contributed by atoms with Crippen LogP contribution in [0.2, 0.25) is 0 Å². The molecule has 2 heterocycles. The van der Waals surface area contributed by atoms with Crippen LogP contribution >= 0.6 is 0 Å². The average molecular weight is 568 g/mol. The first-order chi connectivity index (χ1) is 20.4. The Hall–Kier alpha value is -4.28. The second-order valence-electron chi connectivity index (χ2n) is 10.8. The molecule has 0 bridgehead atoms. The number of likely N-dealkylation sites (N-methyl/N-ethyl adjacent to an activating group) is 1. The third kappa shape index (κ3) is 7.71. The van der Waals surface area contributed by atoms with Crippen molar-refractivity contribution < 1.29 is 4.79 Å². The first kappa shape index (κ1) is 29.2. The number of anilines is 4. The van der Waals surface area contributed by atoms with Gasteiger partial charge in [-0.25, -0.2) is 9.97 Å². The van der Waals surface area contributed by atoms with E-state index in [1.54, 1.807) is 6.33 Å². The molecule has 2 aromatic carbocycles. The standard InChI is InChI=1S/C32H41N9O/c1-5-40(6-2)15-14-33-20-27-18-31(41(39-27)30-19-29(34-21-35-30)36-25-12-13-25)38-28-17-26(11-10-23(28)4)37-32(42)24-9-7-8-22(3)16-24/h7-11,16-19,21,25,33,38H,5-6,12-15,20H2,1-4H3,(H,37,42)(H,34,35,36). The number of nitrogens with one attached hydrogen (secondary N) is 4. The van der Waals surface area contributed by atoms with Crippen LogP contribution in [0, 0.1) is 13.8 Å². The maximum absolute atomic E-state index is 12.9. The van der Waals surface area contributed by atoms with E-state index in [2.05, 4.69) is 50.0 Å². The zero-order chi connectivity index (χ0) is 29.5. The highest BCUT2D eigenvalue weighted by Crippen LogP contribution is 2.28. The Bertz CT molecular complexity index is 1510. The molecule has 1 fully saturated rings. The lowest BCUT2D eigenvalue weighted by Crippen LogP contribution is -2.31. The van der Waals surface area contributed by atoms with Crippen molar-refractivity contribution in [2.75, 3.05) is 42.1 Å². The first-order valence-electron chi connectivity index (χ1n) is 14.8. The van der Waals surface area contributed by atoms with Crippen LogP contribution in [0.1, 0.15) is 53.9 Å². The van der Waals surface area contributed by atoms with Crippen LogP contribution in [0.5, 0.6) is 0 Å². The maximum Gasteiger partial charge on any atom is 0.255 e. The molecule has 4 aromatic rings. The molecule has 220 valence electrons. The lowest BCUT2D eigenvalue weighted by atomic mass is 10.1. The summed E-state index contributed by atoms with van der Waals surface area (Å²) in [5, 5.41) is 18.5. The van der Waals surface area contributed by atoms with E-state index in [4.69, 9.17) is 5.10 Å². The van der Waals surface area contributed by atoms with Crippen molar-refractivity contribution in [2.45, 2.75) is 53.1 Å². The summed E-state index contributed by atoms with van der Waals surface area (Å²) in [5.41, 5.74) is 5.17. The number of carbonyl (C=O) groups excluding carboxylic acids is 1. The predicted octanol–water partition coefficient (Wildman–Crippen LogP) is 5.28. The van der Waals surface area contributed by atoms with E-state index in [0.29, 0.717) is 29.7 Å². The molecule has 0 unspecified atom stereocenters. The fourth-order valence-electron chi connectivity index (χ4n) is 4.71. The molecule has 5 rings (SSSR count). The number of nitrogens with zero attached hydrogens (tertiary/aromatic N) is 5. The van der Waals surface area contributed by atoms with Crippen LogP contribution in [0.4, 0.5) is 23.0 Å². The summed E-state index contributed by atoms with van der Waals surface area (Å²) < 4.78 is 1.82. The molecular formula is C32H41N9O. The summed E-state index contributed by atoms with van der Waals surface area (Å²) in [6.07, 6.45) is 3.89. The Morgan fingerprint density at radius 2 is 1.86 bits per heavy atom. The van der Waals surface area contributed by atoms with E-state index in [1.807, 2.05) is 73.1 Å². The van der Waals surface area contributed by atoms with E-state index < -0.39 is 0 Å². The van der Waals surface area contributed by atoms with Crippen molar-refractivity contribution in [3.05, 3.63) is 83.3 Å². The molecule has 0 spiro atoms. The van der Waals surface area contributed by atoms with Gasteiger partial charge in [0.2, 0.25) is 0 Å². The van der Waals surface area contributed by atoms with E-state index >= 15 is 0 Å². The van der Waals surface area contributed by atoms with Crippen LogP contribution in [0.15, 0.2) is 60.9 Å². The fourth-order valence-corrected chi connectivity index (χ4v) is 4.71. The first-order valence-corrected chi connectivity index (χ1v) is 14.8. The van der Waals surface area contributed by atoms with Crippen molar-refractivity contribution in [3.8, 4) is 5.82 Å². The van der Waals surface area contributed by atoms with Gasteiger partial charge in [0.25, 0.3) is 5.91 Å². The third-order valence-corrected chi connectivity index (χ3v) is 7.40. The number of benzene rings is 2. The zero-order valence-corrected chi connectivity index (χ0v) is 24.9. The minimum atomic E-state index is -0.145. The quantitative estimate of drug-likeness (QED) is 0.152. The van der Waals surface area contributed by atoms with E-state index in [9.17, 15) is 4.79 Å². The molecular weight excluding hydrogens is 526 g/mol. The van der Waals surface area contributed by atoms with Gasteiger partial charge in [-0.3, -0.25) is 4.79 Å². The molecule has 0 saturated heterocycles. The van der Waals surface area contributed by atoms with Gasteiger partial charge in [0.05, 0.1) is 5.69 Å². The molecule has 10 nitrogen and oxygen atoms in total. The monoisotopic (exact) mass is 567 g/mol.